The Kier molecular flexibility index (Phi) is 5.62. The summed E-state index contributed by atoms with van der Waals surface area (Å²) in [7, 11) is 0. The number of aliphatic hydroxyl groups excluding tert-OH is 1. The summed E-state index contributed by atoms with van der Waals surface area (Å²) in [6.07, 6.45) is 1.03. The van der Waals surface area contributed by atoms with Crippen molar-refractivity contribution in [2.24, 2.45) is 10.8 Å². The maximum Gasteiger partial charge on any atom is 0.119 e. The largest absolute Gasteiger partial charge is 0.493 e. The van der Waals surface area contributed by atoms with E-state index < -0.39 is 0 Å². The van der Waals surface area contributed by atoms with Crippen LogP contribution in [0.5, 0.6) is 5.75 Å². The van der Waals surface area contributed by atoms with Gasteiger partial charge in [0, 0.05) is 10.8 Å². The third kappa shape index (κ3) is 4.43. The number of aliphatic hydroxyl groups is 1. The van der Waals surface area contributed by atoms with Gasteiger partial charge in [-0.3, -0.25) is 0 Å². The van der Waals surface area contributed by atoms with Gasteiger partial charge in [-0.05, 0) is 18.6 Å². The first-order valence-corrected chi connectivity index (χ1v) is 7.56. The Balaban J connectivity index is 0.000000173. The van der Waals surface area contributed by atoms with Crippen LogP contribution >= 0.6 is 0 Å². The van der Waals surface area contributed by atoms with Gasteiger partial charge >= 0.3 is 0 Å². The molecule has 0 radical (unpaired) electrons. The summed E-state index contributed by atoms with van der Waals surface area (Å²) < 4.78 is 15.7. The zero-order valence-corrected chi connectivity index (χ0v) is 13.0. The molecule has 0 unspecified atom stereocenters. The van der Waals surface area contributed by atoms with Gasteiger partial charge in [0.25, 0.3) is 0 Å². The molecule has 2 aliphatic heterocycles. The number of ether oxygens (including phenoxy) is 3. The third-order valence-corrected chi connectivity index (χ3v) is 4.13. The molecule has 2 heterocycles. The highest BCUT2D eigenvalue weighted by Crippen LogP contribution is 2.29. The van der Waals surface area contributed by atoms with Crippen LogP contribution in [0.15, 0.2) is 30.3 Å². The quantitative estimate of drug-likeness (QED) is 0.906. The highest BCUT2D eigenvalue weighted by molar-refractivity contribution is 5.21. The molecule has 0 amide bonds. The molecule has 4 heteroatoms. The summed E-state index contributed by atoms with van der Waals surface area (Å²) in [5, 5.41) is 8.76. The number of para-hydroxylation sites is 1. The molecule has 1 aromatic carbocycles. The smallest absolute Gasteiger partial charge is 0.119 e. The van der Waals surface area contributed by atoms with Gasteiger partial charge < -0.3 is 19.3 Å². The van der Waals surface area contributed by atoms with E-state index in [0.717, 1.165) is 45.2 Å². The van der Waals surface area contributed by atoms with Gasteiger partial charge in [-0.15, -0.1) is 0 Å². The molecule has 0 spiro atoms. The molecule has 1 aromatic rings. The van der Waals surface area contributed by atoms with Crippen LogP contribution < -0.4 is 4.74 Å². The fourth-order valence-electron chi connectivity index (χ4n) is 2.11. The number of hydrogen-bond donors (Lipinski definition) is 1. The number of hydrogen-bond acceptors (Lipinski definition) is 4. The van der Waals surface area contributed by atoms with Crippen molar-refractivity contribution in [1.29, 1.82) is 0 Å². The number of benzene rings is 1. The Hall–Kier alpha value is -1.10. The van der Waals surface area contributed by atoms with Crippen molar-refractivity contribution in [2.45, 2.75) is 20.3 Å². The van der Waals surface area contributed by atoms with E-state index in [4.69, 9.17) is 19.3 Å². The van der Waals surface area contributed by atoms with Crippen LogP contribution in [0, 0.1) is 10.8 Å². The lowest BCUT2D eigenvalue weighted by Gasteiger charge is -2.38. The minimum absolute atomic E-state index is 0.139. The fraction of sp³-hybridized carbons (Fsp3) is 0.647. The van der Waals surface area contributed by atoms with Gasteiger partial charge in [-0.25, -0.2) is 0 Å². The Labute approximate surface area is 127 Å². The second kappa shape index (κ2) is 7.25. The van der Waals surface area contributed by atoms with Crippen LogP contribution in [-0.2, 0) is 9.47 Å². The molecular formula is C17H26O4. The molecule has 4 nitrogen and oxygen atoms in total. The lowest BCUT2D eigenvalue weighted by molar-refractivity contribution is -0.138. The van der Waals surface area contributed by atoms with Crippen molar-refractivity contribution in [3.8, 4) is 5.75 Å². The highest BCUT2D eigenvalue weighted by Gasteiger charge is 2.35. The van der Waals surface area contributed by atoms with Crippen molar-refractivity contribution >= 4 is 0 Å². The van der Waals surface area contributed by atoms with Crippen molar-refractivity contribution in [2.75, 3.05) is 39.6 Å². The van der Waals surface area contributed by atoms with Gasteiger partial charge in [-0.1, -0.05) is 32.0 Å². The summed E-state index contributed by atoms with van der Waals surface area (Å²) in [6.45, 7) is 8.43. The van der Waals surface area contributed by atoms with E-state index in [1.165, 1.54) is 0 Å². The van der Waals surface area contributed by atoms with Crippen molar-refractivity contribution < 1.29 is 19.3 Å². The fourth-order valence-corrected chi connectivity index (χ4v) is 2.11. The third-order valence-electron chi connectivity index (χ3n) is 4.13. The summed E-state index contributed by atoms with van der Waals surface area (Å²) in [6, 6.07) is 9.90. The molecule has 0 saturated carbocycles. The SMILES string of the molecule is CC1(COc2ccccc2)COC1.CCC1(CO)COC1. The average Bonchev–Trinajstić information content (AvgIpc) is 2.45. The maximum atomic E-state index is 8.76. The van der Waals surface area contributed by atoms with Gasteiger partial charge in [0.1, 0.15) is 5.75 Å². The molecule has 2 fully saturated rings. The van der Waals surface area contributed by atoms with E-state index in [1.54, 1.807) is 0 Å². The van der Waals surface area contributed by atoms with E-state index in [2.05, 4.69) is 13.8 Å². The Morgan fingerprint density at radius 3 is 2.05 bits per heavy atom. The summed E-state index contributed by atoms with van der Waals surface area (Å²) >= 11 is 0. The molecule has 2 aliphatic rings. The molecule has 118 valence electrons. The van der Waals surface area contributed by atoms with E-state index in [1.807, 2.05) is 30.3 Å². The summed E-state index contributed by atoms with van der Waals surface area (Å²) in [5.41, 5.74) is 0.371. The first-order chi connectivity index (χ1) is 10.1. The zero-order chi connectivity index (χ0) is 15.2. The monoisotopic (exact) mass is 294 g/mol. The molecule has 0 bridgehead atoms. The van der Waals surface area contributed by atoms with Gasteiger partial charge in [0.2, 0.25) is 0 Å². The van der Waals surface area contributed by atoms with E-state index in [9.17, 15) is 0 Å². The van der Waals surface area contributed by atoms with Gasteiger partial charge in [-0.2, -0.15) is 0 Å². The van der Waals surface area contributed by atoms with Crippen LogP contribution in [0.25, 0.3) is 0 Å². The van der Waals surface area contributed by atoms with Crippen molar-refractivity contribution in [3.63, 3.8) is 0 Å². The Morgan fingerprint density at radius 2 is 1.71 bits per heavy atom. The Bertz CT molecular complexity index is 397. The van der Waals surface area contributed by atoms with E-state index in [-0.39, 0.29) is 17.4 Å². The highest BCUT2D eigenvalue weighted by atomic mass is 16.5. The van der Waals surface area contributed by atoms with Crippen molar-refractivity contribution in [3.05, 3.63) is 30.3 Å². The predicted molar refractivity (Wildman–Crippen MR) is 81.5 cm³/mol. The lowest BCUT2D eigenvalue weighted by Crippen LogP contribution is -2.44. The molecule has 0 atom stereocenters. The van der Waals surface area contributed by atoms with E-state index in [0.29, 0.717) is 0 Å². The van der Waals surface area contributed by atoms with Gasteiger partial charge in [0.15, 0.2) is 0 Å². The molecule has 3 rings (SSSR count). The van der Waals surface area contributed by atoms with Crippen LogP contribution in [0.4, 0.5) is 0 Å². The number of rotatable bonds is 5. The maximum absolute atomic E-state index is 8.76. The molecule has 2 saturated heterocycles. The van der Waals surface area contributed by atoms with Crippen LogP contribution in [-0.4, -0.2) is 44.7 Å². The topological polar surface area (TPSA) is 47.9 Å². The van der Waals surface area contributed by atoms with Gasteiger partial charge in [0.05, 0.1) is 39.6 Å². The summed E-state index contributed by atoms with van der Waals surface area (Å²) in [5.74, 6) is 0.940. The second-order valence-electron chi connectivity index (χ2n) is 6.41. The summed E-state index contributed by atoms with van der Waals surface area (Å²) in [4.78, 5) is 0. The second-order valence-corrected chi connectivity index (χ2v) is 6.41. The zero-order valence-electron chi connectivity index (χ0n) is 13.0. The minimum Gasteiger partial charge on any atom is -0.493 e. The van der Waals surface area contributed by atoms with Crippen molar-refractivity contribution in [1.82, 2.24) is 0 Å². The lowest BCUT2D eigenvalue weighted by atomic mass is 9.84. The molecular weight excluding hydrogens is 268 g/mol. The van der Waals surface area contributed by atoms with Crippen LogP contribution in [0.1, 0.15) is 20.3 Å². The molecule has 1 N–H and O–H groups in total. The average molecular weight is 294 g/mol. The molecule has 0 aromatic heterocycles. The Morgan fingerprint density at radius 1 is 1.10 bits per heavy atom. The van der Waals surface area contributed by atoms with Crippen LogP contribution in [0.2, 0.25) is 0 Å². The minimum atomic E-state index is 0.139. The first-order valence-electron chi connectivity index (χ1n) is 7.56. The van der Waals surface area contributed by atoms with E-state index >= 15 is 0 Å². The molecule has 21 heavy (non-hydrogen) atoms. The molecule has 0 aliphatic carbocycles. The standard InChI is InChI=1S/C11H14O2.C6H12O2/c1-11(7-12-8-11)9-13-10-5-3-2-4-6-10;1-2-6(3-7)4-8-5-6/h2-6H,7-9H2,1H3;7H,2-5H2,1H3. The predicted octanol–water partition coefficient (Wildman–Crippen LogP) is 2.51. The normalized spacial score (nSPS) is 21.3. The first kappa shape index (κ1) is 16.3. The van der Waals surface area contributed by atoms with Crippen LogP contribution in [0.3, 0.4) is 0 Å².